The molecule has 1 aliphatic rings. The first-order valence-corrected chi connectivity index (χ1v) is 12.0. The van der Waals surface area contributed by atoms with Crippen LogP contribution in [0.15, 0.2) is 40.6 Å². The van der Waals surface area contributed by atoms with Crippen molar-refractivity contribution in [3.8, 4) is 0 Å². The summed E-state index contributed by atoms with van der Waals surface area (Å²) in [7, 11) is 5.93. The van der Waals surface area contributed by atoms with Gasteiger partial charge in [0, 0.05) is 17.1 Å². The highest BCUT2D eigenvalue weighted by Crippen LogP contribution is 2.42. The summed E-state index contributed by atoms with van der Waals surface area (Å²) in [4.78, 5) is 11.8. The fraction of sp³-hybridized carbons (Fsp3) is 0.591. The average molecular weight is 434 g/mol. The minimum atomic E-state index is -0.772. The Morgan fingerprint density at radius 3 is 2.86 bits per heavy atom. The number of unbranched alkanes of at least 4 members (excludes halogenated alkanes) is 1. The van der Waals surface area contributed by atoms with Crippen molar-refractivity contribution in [2.24, 2.45) is 17.8 Å². The van der Waals surface area contributed by atoms with Gasteiger partial charge in [0.25, 0.3) is 0 Å². The van der Waals surface area contributed by atoms with E-state index in [1.807, 2.05) is 24.3 Å². The van der Waals surface area contributed by atoms with Gasteiger partial charge in [-0.15, -0.1) is 23.1 Å². The molecule has 2 rings (SSSR count). The number of carboxylic acid groups (broad SMARTS) is 1. The summed E-state index contributed by atoms with van der Waals surface area (Å²) < 4.78 is 1.21. The van der Waals surface area contributed by atoms with Crippen LogP contribution in [0.2, 0.25) is 6.32 Å². The lowest BCUT2D eigenvalue weighted by Gasteiger charge is -2.21. The Morgan fingerprint density at radius 1 is 1.41 bits per heavy atom. The number of thiophene rings is 1. The van der Waals surface area contributed by atoms with E-state index >= 15 is 0 Å². The zero-order chi connectivity index (χ0) is 21.2. The lowest BCUT2D eigenvalue weighted by molar-refractivity contribution is -0.137. The average Bonchev–Trinajstić information content (AvgIpc) is 3.23. The van der Waals surface area contributed by atoms with Crippen LogP contribution in [0.3, 0.4) is 0 Å². The SMILES string of the molecule is [B]C[C@@H]1CC(O)[C@H](C/C=C\CCCC(=O)O)[C@H]1/C=C/[C@@H](O)CSc1ccc(C)s1. The van der Waals surface area contributed by atoms with Gasteiger partial charge in [-0.25, -0.2) is 0 Å². The maximum atomic E-state index is 10.6. The number of carboxylic acids is 1. The summed E-state index contributed by atoms with van der Waals surface area (Å²) in [5, 5.41) is 29.5. The maximum Gasteiger partial charge on any atom is 0.303 e. The second-order valence-corrected chi connectivity index (χ2v) is 10.3. The molecule has 1 aromatic heterocycles. The van der Waals surface area contributed by atoms with E-state index in [2.05, 4.69) is 19.1 Å². The van der Waals surface area contributed by atoms with E-state index in [0.717, 1.165) is 12.8 Å². The number of thioether (sulfide) groups is 1. The molecule has 3 N–H and O–H groups in total. The standard InChI is InChI=1S/C22H31BO4S2/c1-15-8-11-22(29-15)28-14-17(24)9-10-18-16(13-23)12-20(25)19(18)6-4-2-3-5-7-21(26)27/h2,4,8-11,16-20,24-25H,3,5-7,12-14H2,1H3,(H,26,27)/b4-2-,10-9+/t16-,17+,18-,19+,20?/m0/s1. The monoisotopic (exact) mass is 434 g/mol. The van der Waals surface area contributed by atoms with Gasteiger partial charge in [0.15, 0.2) is 0 Å². The van der Waals surface area contributed by atoms with Crippen molar-refractivity contribution in [3.05, 3.63) is 41.3 Å². The van der Waals surface area contributed by atoms with Crippen LogP contribution in [0.1, 0.15) is 37.0 Å². The highest BCUT2D eigenvalue weighted by atomic mass is 32.2. The fourth-order valence-corrected chi connectivity index (χ4v) is 5.86. The van der Waals surface area contributed by atoms with Crippen LogP contribution in [0.5, 0.6) is 0 Å². The van der Waals surface area contributed by atoms with Crippen LogP contribution in [-0.2, 0) is 4.79 Å². The highest BCUT2D eigenvalue weighted by Gasteiger charge is 2.39. The molecule has 5 atom stereocenters. The second kappa shape index (κ2) is 12.6. The lowest BCUT2D eigenvalue weighted by Crippen LogP contribution is -2.19. The summed E-state index contributed by atoms with van der Waals surface area (Å²) >= 11 is 3.39. The second-order valence-electron chi connectivity index (χ2n) is 7.66. The number of rotatable bonds is 12. The summed E-state index contributed by atoms with van der Waals surface area (Å²) in [6.07, 6.45) is 10.5. The van der Waals surface area contributed by atoms with Gasteiger partial charge in [0.1, 0.15) is 0 Å². The molecule has 1 saturated carbocycles. The number of aliphatic hydroxyl groups excluding tert-OH is 2. The van der Waals surface area contributed by atoms with Gasteiger partial charge >= 0.3 is 5.97 Å². The van der Waals surface area contributed by atoms with Crippen molar-refractivity contribution in [2.75, 3.05) is 5.75 Å². The third-order valence-corrected chi connectivity index (χ3v) is 7.71. The first-order chi connectivity index (χ1) is 13.9. The van der Waals surface area contributed by atoms with Crippen molar-refractivity contribution in [1.29, 1.82) is 0 Å². The third-order valence-electron chi connectivity index (χ3n) is 5.38. The number of aryl methyl sites for hydroxylation is 1. The summed E-state index contributed by atoms with van der Waals surface area (Å²) in [5.41, 5.74) is 0. The molecule has 29 heavy (non-hydrogen) atoms. The Labute approximate surface area is 183 Å². The molecule has 0 aromatic carbocycles. The van der Waals surface area contributed by atoms with E-state index < -0.39 is 18.2 Å². The Kier molecular flexibility index (Phi) is 10.6. The molecule has 4 nitrogen and oxygen atoms in total. The molecule has 1 fully saturated rings. The molecule has 0 spiro atoms. The van der Waals surface area contributed by atoms with Gasteiger partial charge < -0.3 is 15.3 Å². The lowest BCUT2D eigenvalue weighted by atomic mass is 9.80. The molecule has 1 heterocycles. The quantitative estimate of drug-likeness (QED) is 0.196. The Bertz CT molecular complexity index is 688. The van der Waals surface area contributed by atoms with E-state index in [1.165, 1.54) is 9.09 Å². The van der Waals surface area contributed by atoms with E-state index in [-0.39, 0.29) is 24.2 Å². The Hall–Kier alpha value is -1.02. The Balaban J connectivity index is 1.86. The minimum absolute atomic E-state index is 0.0790. The zero-order valence-electron chi connectivity index (χ0n) is 16.9. The molecule has 0 saturated heterocycles. The molecule has 1 aromatic rings. The number of aliphatic carboxylic acids is 1. The van der Waals surface area contributed by atoms with Crippen LogP contribution in [0.4, 0.5) is 0 Å². The summed E-state index contributed by atoms with van der Waals surface area (Å²) in [5.74, 6) is 0.267. The van der Waals surface area contributed by atoms with Gasteiger partial charge in [-0.05, 0) is 62.5 Å². The molecule has 0 amide bonds. The Morgan fingerprint density at radius 2 is 2.21 bits per heavy atom. The molecule has 0 aliphatic heterocycles. The first kappa shape index (κ1) is 24.3. The van der Waals surface area contributed by atoms with Crippen LogP contribution >= 0.6 is 23.1 Å². The van der Waals surface area contributed by atoms with Crippen molar-refractivity contribution in [1.82, 2.24) is 0 Å². The zero-order valence-corrected chi connectivity index (χ0v) is 18.6. The van der Waals surface area contributed by atoms with Crippen LogP contribution in [-0.4, -0.2) is 47.1 Å². The molecule has 0 bridgehead atoms. The summed E-state index contributed by atoms with van der Waals surface area (Å²) in [6.45, 7) is 2.07. The maximum absolute atomic E-state index is 10.6. The van der Waals surface area contributed by atoms with Crippen LogP contribution in [0.25, 0.3) is 0 Å². The molecule has 1 unspecified atom stereocenters. The van der Waals surface area contributed by atoms with Gasteiger partial charge in [-0.2, -0.15) is 0 Å². The molecule has 7 heteroatoms. The van der Waals surface area contributed by atoms with E-state index in [4.69, 9.17) is 13.0 Å². The minimum Gasteiger partial charge on any atom is -0.481 e. The molecule has 1 aliphatic carbocycles. The summed E-state index contributed by atoms with van der Waals surface area (Å²) in [6, 6.07) is 4.17. The van der Waals surface area contributed by atoms with Gasteiger partial charge in [0.05, 0.1) is 24.3 Å². The number of aliphatic hydroxyl groups is 2. The smallest absolute Gasteiger partial charge is 0.303 e. The number of hydrogen-bond donors (Lipinski definition) is 3. The number of allylic oxidation sites excluding steroid dienone is 3. The number of hydrogen-bond acceptors (Lipinski definition) is 5. The van der Waals surface area contributed by atoms with Crippen molar-refractivity contribution in [2.45, 2.75) is 61.8 Å². The highest BCUT2D eigenvalue weighted by molar-refractivity contribution is 8.01. The van der Waals surface area contributed by atoms with Crippen molar-refractivity contribution < 1.29 is 20.1 Å². The fourth-order valence-electron chi connectivity index (χ4n) is 3.83. The van der Waals surface area contributed by atoms with Gasteiger partial charge in [-0.1, -0.05) is 30.6 Å². The molecule has 158 valence electrons. The van der Waals surface area contributed by atoms with E-state index in [0.29, 0.717) is 24.9 Å². The van der Waals surface area contributed by atoms with Gasteiger partial charge in [0.2, 0.25) is 0 Å². The molecular weight excluding hydrogens is 403 g/mol. The van der Waals surface area contributed by atoms with Gasteiger partial charge in [-0.3, -0.25) is 4.79 Å². The molecule has 2 radical (unpaired) electrons. The predicted octanol–water partition coefficient (Wildman–Crippen LogP) is 4.47. The van der Waals surface area contributed by atoms with Crippen LogP contribution < -0.4 is 0 Å². The largest absolute Gasteiger partial charge is 0.481 e. The van der Waals surface area contributed by atoms with Crippen molar-refractivity contribution >= 4 is 36.9 Å². The first-order valence-electron chi connectivity index (χ1n) is 10.2. The van der Waals surface area contributed by atoms with E-state index in [9.17, 15) is 15.0 Å². The number of carbonyl (C=O) groups is 1. The van der Waals surface area contributed by atoms with Crippen molar-refractivity contribution in [3.63, 3.8) is 0 Å². The normalized spacial score (nSPS) is 25.9. The molecular formula is C22H31BO4S2. The topological polar surface area (TPSA) is 77.8 Å². The predicted molar refractivity (Wildman–Crippen MR) is 122 cm³/mol. The van der Waals surface area contributed by atoms with Crippen LogP contribution in [0, 0.1) is 24.7 Å². The van der Waals surface area contributed by atoms with E-state index in [1.54, 1.807) is 23.1 Å². The third kappa shape index (κ3) is 8.32.